The highest BCUT2D eigenvalue weighted by atomic mass is 19.4. The molecule has 0 radical (unpaired) electrons. The van der Waals surface area contributed by atoms with Crippen molar-refractivity contribution in [1.29, 1.82) is 0 Å². The summed E-state index contributed by atoms with van der Waals surface area (Å²) < 4.78 is 55.0. The van der Waals surface area contributed by atoms with Gasteiger partial charge in [0.2, 0.25) is 0 Å². The third-order valence-electron chi connectivity index (χ3n) is 2.23. The number of halogens is 4. The maximum Gasteiger partial charge on any atom is 0.416 e. The first-order chi connectivity index (χ1) is 6.97. The van der Waals surface area contributed by atoms with E-state index in [0.717, 1.165) is 6.07 Å². The average Bonchev–Trinajstić information content (AvgIpc) is 2.90. The highest BCUT2D eigenvalue weighted by Crippen LogP contribution is 2.34. The lowest BCUT2D eigenvalue weighted by atomic mass is 10.0. The summed E-state index contributed by atoms with van der Waals surface area (Å²) in [5, 5.41) is 0. The number of benzene rings is 1. The van der Waals surface area contributed by atoms with Crippen LogP contribution in [0, 0.1) is 5.82 Å². The predicted octanol–water partition coefficient (Wildman–Crippen LogP) is 2.79. The van der Waals surface area contributed by atoms with Crippen molar-refractivity contribution >= 4 is 0 Å². The summed E-state index contributed by atoms with van der Waals surface area (Å²) in [6, 6.07) is 2.73. The van der Waals surface area contributed by atoms with Crippen LogP contribution in [-0.2, 0) is 17.3 Å². The normalized spacial score (nSPS) is 20.4. The topological polar surface area (TPSA) is 12.5 Å². The van der Waals surface area contributed by atoms with Gasteiger partial charge >= 0.3 is 6.18 Å². The number of ether oxygens (including phenoxy) is 1. The molecule has 82 valence electrons. The number of rotatable bonds is 2. The minimum Gasteiger partial charge on any atom is -0.373 e. The first-order valence-electron chi connectivity index (χ1n) is 4.44. The van der Waals surface area contributed by atoms with Gasteiger partial charge in [-0.3, -0.25) is 0 Å². The lowest BCUT2D eigenvalue weighted by Crippen LogP contribution is -2.11. The average molecular weight is 220 g/mol. The minimum absolute atomic E-state index is 0.0893. The molecule has 0 bridgehead atoms. The van der Waals surface area contributed by atoms with E-state index in [4.69, 9.17) is 4.74 Å². The second-order valence-corrected chi connectivity index (χ2v) is 3.46. The Balaban J connectivity index is 2.34. The third kappa shape index (κ3) is 2.47. The van der Waals surface area contributed by atoms with Gasteiger partial charge in [0.15, 0.2) is 0 Å². The Morgan fingerprint density at radius 1 is 1.33 bits per heavy atom. The van der Waals surface area contributed by atoms with Gasteiger partial charge in [-0.25, -0.2) is 4.39 Å². The van der Waals surface area contributed by atoms with E-state index in [0.29, 0.717) is 12.7 Å². The van der Waals surface area contributed by atoms with E-state index in [1.54, 1.807) is 0 Å². The largest absolute Gasteiger partial charge is 0.416 e. The summed E-state index contributed by atoms with van der Waals surface area (Å²) in [5.41, 5.74) is -0.815. The molecule has 1 fully saturated rings. The fourth-order valence-corrected chi connectivity index (χ4v) is 1.42. The minimum atomic E-state index is -4.51. The van der Waals surface area contributed by atoms with Crippen LogP contribution >= 0.6 is 0 Å². The quantitative estimate of drug-likeness (QED) is 0.551. The fraction of sp³-hybridized carbons (Fsp3) is 0.400. The molecule has 1 aliphatic heterocycles. The van der Waals surface area contributed by atoms with Crippen molar-refractivity contribution in [1.82, 2.24) is 0 Å². The summed E-state index contributed by atoms with van der Waals surface area (Å²) in [4.78, 5) is 0. The van der Waals surface area contributed by atoms with Gasteiger partial charge in [0.25, 0.3) is 0 Å². The van der Waals surface area contributed by atoms with Gasteiger partial charge in [0, 0.05) is 6.42 Å². The molecule has 15 heavy (non-hydrogen) atoms. The van der Waals surface area contributed by atoms with Gasteiger partial charge in [-0.1, -0.05) is 6.07 Å². The molecule has 0 N–H and O–H groups in total. The van der Waals surface area contributed by atoms with Gasteiger partial charge in [-0.05, 0) is 17.7 Å². The van der Waals surface area contributed by atoms with Crippen molar-refractivity contribution < 1.29 is 22.3 Å². The van der Waals surface area contributed by atoms with Crippen LogP contribution in [0.1, 0.15) is 11.1 Å². The summed E-state index contributed by atoms with van der Waals surface area (Å²) in [6.07, 6.45) is -4.46. The second kappa shape index (κ2) is 3.48. The summed E-state index contributed by atoms with van der Waals surface area (Å²) >= 11 is 0. The van der Waals surface area contributed by atoms with Crippen LogP contribution in [0.15, 0.2) is 18.2 Å². The molecule has 1 nitrogen and oxygen atoms in total. The molecule has 1 heterocycles. The van der Waals surface area contributed by atoms with Crippen molar-refractivity contribution in [3.8, 4) is 0 Å². The maximum absolute atomic E-state index is 12.7. The molecule has 0 aliphatic carbocycles. The predicted molar refractivity (Wildman–Crippen MR) is 44.8 cm³/mol. The molecule has 5 heteroatoms. The smallest absolute Gasteiger partial charge is 0.373 e. The van der Waals surface area contributed by atoms with Gasteiger partial charge in [-0.2, -0.15) is 13.2 Å². The molecule has 1 aromatic rings. The third-order valence-corrected chi connectivity index (χ3v) is 2.23. The molecule has 0 aromatic heterocycles. The van der Waals surface area contributed by atoms with E-state index in [1.165, 1.54) is 6.07 Å². The Morgan fingerprint density at radius 3 is 2.53 bits per heavy atom. The van der Waals surface area contributed by atoms with Gasteiger partial charge in [0.1, 0.15) is 5.82 Å². The lowest BCUT2D eigenvalue weighted by molar-refractivity contribution is -0.138. The molecule has 1 atom stereocenters. The molecule has 0 saturated carbocycles. The number of epoxide rings is 1. The van der Waals surface area contributed by atoms with Gasteiger partial charge in [0.05, 0.1) is 18.3 Å². The molecule has 1 unspecified atom stereocenters. The second-order valence-electron chi connectivity index (χ2n) is 3.46. The van der Waals surface area contributed by atoms with E-state index in [-0.39, 0.29) is 18.1 Å². The van der Waals surface area contributed by atoms with Crippen molar-refractivity contribution in [3.05, 3.63) is 35.1 Å². The molecule has 1 aromatic carbocycles. The zero-order chi connectivity index (χ0) is 11.1. The van der Waals surface area contributed by atoms with Gasteiger partial charge in [-0.15, -0.1) is 0 Å². The SMILES string of the molecule is Fc1ccc(CC2CO2)c(C(F)(F)F)c1. The van der Waals surface area contributed by atoms with Crippen LogP contribution in [0.3, 0.4) is 0 Å². The first kappa shape index (κ1) is 10.4. The lowest BCUT2D eigenvalue weighted by Gasteiger charge is -2.11. The zero-order valence-corrected chi connectivity index (χ0v) is 7.64. The first-order valence-corrected chi connectivity index (χ1v) is 4.44. The summed E-state index contributed by atoms with van der Waals surface area (Å²) in [5.74, 6) is -0.872. The van der Waals surface area contributed by atoms with Crippen molar-refractivity contribution in [2.24, 2.45) is 0 Å². The molecular formula is C10H8F4O. The van der Waals surface area contributed by atoms with E-state index >= 15 is 0 Å². The van der Waals surface area contributed by atoms with Crippen LogP contribution in [-0.4, -0.2) is 12.7 Å². The van der Waals surface area contributed by atoms with Crippen LogP contribution in [0.25, 0.3) is 0 Å². The Bertz CT molecular complexity index is 368. The highest BCUT2D eigenvalue weighted by molar-refractivity contribution is 5.31. The van der Waals surface area contributed by atoms with Crippen molar-refractivity contribution in [2.75, 3.05) is 6.61 Å². The van der Waals surface area contributed by atoms with E-state index in [1.807, 2.05) is 0 Å². The zero-order valence-electron chi connectivity index (χ0n) is 7.64. The van der Waals surface area contributed by atoms with Crippen molar-refractivity contribution in [3.63, 3.8) is 0 Å². The number of hydrogen-bond donors (Lipinski definition) is 0. The molecule has 0 amide bonds. The van der Waals surface area contributed by atoms with Crippen LogP contribution in [0.4, 0.5) is 17.6 Å². The molecule has 1 saturated heterocycles. The molecular weight excluding hydrogens is 212 g/mol. The Hall–Kier alpha value is -1.10. The van der Waals surface area contributed by atoms with Crippen LogP contribution < -0.4 is 0 Å². The number of alkyl halides is 3. The Kier molecular flexibility index (Phi) is 2.42. The van der Waals surface area contributed by atoms with Crippen LogP contribution in [0.5, 0.6) is 0 Å². The molecule has 1 aliphatic rings. The monoisotopic (exact) mass is 220 g/mol. The fourth-order valence-electron chi connectivity index (χ4n) is 1.42. The standard InChI is InChI=1S/C10H8F4O/c11-7-2-1-6(3-8-5-15-8)9(4-7)10(12,13)14/h1-2,4,8H,3,5H2. The van der Waals surface area contributed by atoms with E-state index in [2.05, 4.69) is 0 Å². The number of hydrogen-bond acceptors (Lipinski definition) is 1. The maximum atomic E-state index is 12.7. The van der Waals surface area contributed by atoms with E-state index < -0.39 is 17.6 Å². The Morgan fingerprint density at radius 2 is 2.00 bits per heavy atom. The Labute approximate surface area is 83.7 Å². The molecule has 2 rings (SSSR count). The van der Waals surface area contributed by atoms with Crippen molar-refractivity contribution in [2.45, 2.75) is 18.7 Å². The highest BCUT2D eigenvalue weighted by Gasteiger charge is 2.35. The summed E-state index contributed by atoms with van der Waals surface area (Å²) in [7, 11) is 0. The van der Waals surface area contributed by atoms with Gasteiger partial charge < -0.3 is 4.74 Å². The van der Waals surface area contributed by atoms with E-state index in [9.17, 15) is 17.6 Å². The molecule has 0 spiro atoms. The van der Waals surface area contributed by atoms with Crippen LogP contribution in [0.2, 0.25) is 0 Å². The summed E-state index contributed by atoms with van der Waals surface area (Å²) in [6.45, 7) is 0.481.